The predicted molar refractivity (Wildman–Crippen MR) is 73.3 cm³/mol. The van der Waals surface area contributed by atoms with Crippen LogP contribution in [0.3, 0.4) is 0 Å². The first kappa shape index (κ1) is 16.8. The molecular formula is C15H16F3N3. The smallest absolute Gasteiger partial charge is 0.384 e. The second-order valence-corrected chi connectivity index (χ2v) is 5.40. The largest absolute Gasteiger partial charge is 0.416 e. The summed E-state index contributed by atoms with van der Waals surface area (Å²) < 4.78 is 37.7. The van der Waals surface area contributed by atoms with Crippen molar-refractivity contribution in [3.8, 4) is 12.1 Å². The number of nitriles is 2. The van der Waals surface area contributed by atoms with E-state index < -0.39 is 17.2 Å². The van der Waals surface area contributed by atoms with Crippen molar-refractivity contribution in [1.29, 1.82) is 10.5 Å². The Kier molecular flexibility index (Phi) is 5.21. The molecule has 0 amide bonds. The van der Waals surface area contributed by atoms with E-state index in [-0.39, 0.29) is 5.56 Å². The van der Waals surface area contributed by atoms with E-state index in [0.29, 0.717) is 25.1 Å². The van der Waals surface area contributed by atoms with Gasteiger partial charge in [0, 0.05) is 6.54 Å². The van der Waals surface area contributed by atoms with Gasteiger partial charge in [0.1, 0.15) is 6.07 Å². The van der Waals surface area contributed by atoms with Gasteiger partial charge in [0.05, 0.1) is 28.3 Å². The van der Waals surface area contributed by atoms with Crippen molar-refractivity contribution in [2.75, 3.05) is 11.9 Å². The number of halogens is 3. The minimum atomic E-state index is -4.46. The van der Waals surface area contributed by atoms with Crippen LogP contribution in [0.1, 0.15) is 37.8 Å². The molecule has 21 heavy (non-hydrogen) atoms. The van der Waals surface area contributed by atoms with E-state index in [1.165, 1.54) is 6.07 Å². The van der Waals surface area contributed by atoms with E-state index >= 15 is 0 Å². The lowest BCUT2D eigenvalue weighted by Gasteiger charge is -2.16. The number of nitrogens with one attached hydrogen (secondary N) is 1. The SMILES string of the molecule is CC(C)(C#N)CCCNc1ccc(C(F)(F)F)cc1C#N. The van der Waals surface area contributed by atoms with Crippen LogP contribution in [0.2, 0.25) is 0 Å². The number of hydrogen-bond acceptors (Lipinski definition) is 3. The van der Waals surface area contributed by atoms with E-state index in [9.17, 15) is 13.2 Å². The van der Waals surface area contributed by atoms with Crippen molar-refractivity contribution in [2.24, 2.45) is 5.41 Å². The Hall–Kier alpha value is -2.21. The van der Waals surface area contributed by atoms with Crippen LogP contribution in [0.15, 0.2) is 18.2 Å². The highest BCUT2D eigenvalue weighted by molar-refractivity contribution is 5.58. The third-order valence-corrected chi connectivity index (χ3v) is 3.06. The van der Waals surface area contributed by atoms with E-state index in [1.807, 2.05) is 13.8 Å². The molecule has 1 aromatic carbocycles. The summed E-state index contributed by atoms with van der Waals surface area (Å²) in [5.74, 6) is 0. The van der Waals surface area contributed by atoms with Gasteiger partial charge in [-0.05, 0) is 44.9 Å². The van der Waals surface area contributed by atoms with Gasteiger partial charge in [-0.15, -0.1) is 0 Å². The van der Waals surface area contributed by atoms with Crippen LogP contribution >= 0.6 is 0 Å². The fourth-order valence-corrected chi connectivity index (χ4v) is 1.78. The molecule has 0 aliphatic heterocycles. The lowest BCUT2D eigenvalue weighted by molar-refractivity contribution is -0.137. The van der Waals surface area contributed by atoms with Crippen LogP contribution < -0.4 is 5.32 Å². The maximum atomic E-state index is 12.6. The summed E-state index contributed by atoms with van der Waals surface area (Å²) >= 11 is 0. The molecule has 112 valence electrons. The number of benzene rings is 1. The van der Waals surface area contributed by atoms with Gasteiger partial charge in [0.25, 0.3) is 0 Å². The molecule has 0 saturated carbocycles. The molecule has 6 heteroatoms. The Morgan fingerprint density at radius 3 is 2.38 bits per heavy atom. The first-order valence-corrected chi connectivity index (χ1v) is 6.46. The summed E-state index contributed by atoms with van der Waals surface area (Å²) in [7, 11) is 0. The highest BCUT2D eigenvalue weighted by Gasteiger charge is 2.31. The van der Waals surface area contributed by atoms with Gasteiger partial charge < -0.3 is 5.32 Å². The summed E-state index contributed by atoms with van der Waals surface area (Å²) in [5.41, 5.74) is -0.931. The van der Waals surface area contributed by atoms with Gasteiger partial charge in [-0.3, -0.25) is 0 Å². The van der Waals surface area contributed by atoms with Gasteiger partial charge in [0.15, 0.2) is 0 Å². The average molecular weight is 295 g/mol. The molecule has 0 aromatic heterocycles. The molecule has 0 saturated heterocycles. The van der Waals surface area contributed by atoms with E-state index in [4.69, 9.17) is 10.5 Å². The zero-order chi connectivity index (χ0) is 16.1. The minimum absolute atomic E-state index is 0.0376. The molecule has 0 atom stereocenters. The maximum absolute atomic E-state index is 12.6. The first-order chi connectivity index (χ1) is 9.69. The van der Waals surface area contributed by atoms with Gasteiger partial charge in [0.2, 0.25) is 0 Å². The molecule has 0 heterocycles. The highest BCUT2D eigenvalue weighted by Crippen LogP contribution is 2.31. The number of nitrogens with zero attached hydrogens (tertiary/aromatic N) is 2. The molecule has 3 nitrogen and oxygen atoms in total. The monoisotopic (exact) mass is 295 g/mol. The second kappa shape index (κ2) is 6.49. The molecule has 0 aliphatic rings. The third-order valence-electron chi connectivity index (χ3n) is 3.06. The molecule has 1 rings (SSSR count). The van der Waals surface area contributed by atoms with Gasteiger partial charge in [-0.2, -0.15) is 23.7 Å². The van der Waals surface area contributed by atoms with E-state index in [1.54, 1.807) is 6.07 Å². The molecule has 1 N–H and O–H groups in total. The van der Waals surface area contributed by atoms with Crippen LogP contribution in [-0.2, 0) is 6.18 Å². The Morgan fingerprint density at radius 1 is 1.19 bits per heavy atom. The van der Waals surface area contributed by atoms with Crippen molar-refractivity contribution in [3.05, 3.63) is 29.3 Å². The lowest BCUT2D eigenvalue weighted by atomic mass is 9.90. The zero-order valence-electron chi connectivity index (χ0n) is 11.9. The molecule has 1 aromatic rings. The van der Waals surface area contributed by atoms with Crippen LogP contribution in [-0.4, -0.2) is 6.54 Å². The van der Waals surface area contributed by atoms with Crippen LogP contribution in [0.4, 0.5) is 18.9 Å². The summed E-state index contributed by atoms with van der Waals surface area (Å²) in [6, 6.07) is 6.99. The standard InChI is InChI=1S/C15H16F3N3/c1-14(2,10-20)6-3-7-21-13-5-4-12(15(16,17)18)8-11(13)9-19/h4-5,8,21H,3,6-7H2,1-2H3. The molecule has 0 radical (unpaired) electrons. The minimum Gasteiger partial charge on any atom is -0.384 e. The fraction of sp³-hybridized carbons (Fsp3) is 0.467. The van der Waals surface area contributed by atoms with Gasteiger partial charge in [-0.25, -0.2) is 0 Å². The Balaban J connectivity index is 2.69. The van der Waals surface area contributed by atoms with E-state index in [0.717, 1.165) is 12.1 Å². The molecule has 0 unspecified atom stereocenters. The summed E-state index contributed by atoms with van der Waals surface area (Å²) in [6.07, 6.45) is -3.10. The quantitative estimate of drug-likeness (QED) is 0.823. The second-order valence-electron chi connectivity index (χ2n) is 5.40. The highest BCUT2D eigenvalue weighted by atomic mass is 19.4. The van der Waals surface area contributed by atoms with Gasteiger partial charge >= 0.3 is 6.18 Å². The van der Waals surface area contributed by atoms with Crippen LogP contribution in [0.25, 0.3) is 0 Å². The predicted octanol–water partition coefficient (Wildman–Crippen LogP) is 4.32. The number of hydrogen-bond donors (Lipinski definition) is 1. The summed E-state index contributed by atoms with van der Waals surface area (Å²) in [6.45, 7) is 4.14. The topological polar surface area (TPSA) is 59.6 Å². The molecule has 0 aliphatic carbocycles. The number of alkyl halides is 3. The van der Waals surface area contributed by atoms with Crippen molar-refractivity contribution in [1.82, 2.24) is 0 Å². The van der Waals surface area contributed by atoms with Gasteiger partial charge in [-0.1, -0.05) is 0 Å². The lowest BCUT2D eigenvalue weighted by Crippen LogP contribution is -2.12. The molecule has 0 fully saturated rings. The van der Waals surface area contributed by atoms with Crippen molar-refractivity contribution < 1.29 is 13.2 Å². The fourth-order valence-electron chi connectivity index (χ4n) is 1.78. The number of anilines is 1. The normalized spacial score (nSPS) is 11.6. The first-order valence-electron chi connectivity index (χ1n) is 6.46. The summed E-state index contributed by atoms with van der Waals surface area (Å²) in [5, 5.41) is 20.8. The summed E-state index contributed by atoms with van der Waals surface area (Å²) in [4.78, 5) is 0. The Morgan fingerprint density at radius 2 is 1.86 bits per heavy atom. The maximum Gasteiger partial charge on any atom is 0.416 e. The molecule has 0 spiro atoms. The van der Waals surface area contributed by atoms with Crippen molar-refractivity contribution in [3.63, 3.8) is 0 Å². The Labute approximate surface area is 122 Å². The molecular weight excluding hydrogens is 279 g/mol. The molecule has 0 bridgehead atoms. The van der Waals surface area contributed by atoms with Crippen molar-refractivity contribution in [2.45, 2.75) is 32.9 Å². The average Bonchev–Trinajstić information content (AvgIpc) is 2.42. The zero-order valence-corrected chi connectivity index (χ0v) is 11.9. The van der Waals surface area contributed by atoms with Crippen LogP contribution in [0.5, 0.6) is 0 Å². The van der Waals surface area contributed by atoms with Crippen LogP contribution in [0, 0.1) is 28.1 Å². The third kappa shape index (κ3) is 5.00. The Bertz CT molecular complexity index is 577. The van der Waals surface area contributed by atoms with E-state index in [2.05, 4.69) is 11.4 Å². The van der Waals surface area contributed by atoms with Crippen molar-refractivity contribution >= 4 is 5.69 Å². The number of rotatable bonds is 5.